The highest BCUT2D eigenvalue weighted by molar-refractivity contribution is 6.30. The zero-order valence-electron chi connectivity index (χ0n) is 13.9. The molecule has 136 valence electrons. The van der Waals surface area contributed by atoms with E-state index in [9.17, 15) is 8.78 Å². The van der Waals surface area contributed by atoms with Crippen molar-refractivity contribution in [3.63, 3.8) is 0 Å². The van der Waals surface area contributed by atoms with E-state index >= 15 is 0 Å². The zero-order valence-corrected chi connectivity index (χ0v) is 14.7. The molecule has 24 heavy (non-hydrogen) atoms. The SMILES string of the molecule is CCNC(=NCc1cc(Cl)ccc1OC(F)F)NCCCOCC. The topological polar surface area (TPSA) is 54.9 Å². The fourth-order valence-electron chi connectivity index (χ4n) is 1.91. The van der Waals surface area contributed by atoms with Crippen molar-refractivity contribution in [1.82, 2.24) is 10.6 Å². The molecule has 8 heteroatoms. The average molecular weight is 364 g/mol. The Balaban J connectivity index is 2.68. The number of benzene rings is 1. The molecule has 0 unspecified atom stereocenters. The van der Waals surface area contributed by atoms with Gasteiger partial charge in [-0.1, -0.05) is 11.6 Å². The van der Waals surface area contributed by atoms with Crippen LogP contribution in [0.4, 0.5) is 8.78 Å². The van der Waals surface area contributed by atoms with E-state index < -0.39 is 6.61 Å². The summed E-state index contributed by atoms with van der Waals surface area (Å²) in [5, 5.41) is 6.70. The zero-order chi connectivity index (χ0) is 17.8. The molecule has 0 aliphatic rings. The lowest BCUT2D eigenvalue weighted by atomic mass is 10.2. The molecule has 0 atom stereocenters. The molecule has 0 amide bonds. The van der Waals surface area contributed by atoms with Crippen LogP contribution >= 0.6 is 11.6 Å². The first-order chi connectivity index (χ1) is 11.6. The summed E-state index contributed by atoms with van der Waals surface area (Å²) < 4.78 is 34.7. The molecule has 0 aliphatic carbocycles. The van der Waals surface area contributed by atoms with Gasteiger partial charge in [0.1, 0.15) is 5.75 Å². The highest BCUT2D eigenvalue weighted by Crippen LogP contribution is 2.25. The fraction of sp³-hybridized carbons (Fsp3) is 0.562. The first-order valence-corrected chi connectivity index (χ1v) is 8.27. The lowest BCUT2D eigenvalue weighted by Crippen LogP contribution is -2.38. The second-order valence-electron chi connectivity index (χ2n) is 4.80. The Labute approximate surface area is 146 Å². The van der Waals surface area contributed by atoms with Gasteiger partial charge in [-0.15, -0.1) is 0 Å². The third-order valence-electron chi connectivity index (χ3n) is 2.95. The van der Waals surface area contributed by atoms with Crippen molar-refractivity contribution in [2.24, 2.45) is 4.99 Å². The van der Waals surface area contributed by atoms with Gasteiger partial charge in [0.05, 0.1) is 6.54 Å². The quantitative estimate of drug-likeness (QED) is 0.380. The van der Waals surface area contributed by atoms with Gasteiger partial charge in [0, 0.05) is 36.9 Å². The third-order valence-corrected chi connectivity index (χ3v) is 3.19. The number of hydrogen-bond donors (Lipinski definition) is 2. The Morgan fingerprint density at radius 3 is 2.75 bits per heavy atom. The van der Waals surface area contributed by atoms with E-state index in [1.54, 1.807) is 6.07 Å². The molecule has 2 N–H and O–H groups in total. The largest absolute Gasteiger partial charge is 0.434 e. The van der Waals surface area contributed by atoms with Crippen molar-refractivity contribution in [1.29, 1.82) is 0 Å². The van der Waals surface area contributed by atoms with E-state index in [-0.39, 0.29) is 12.3 Å². The summed E-state index contributed by atoms with van der Waals surface area (Å²) in [4.78, 5) is 4.38. The highest BCUT2D eigenvalue weighted by Gasteiger charge is 2.10. The van der Waals surface area contributed by atoms with Crippen LogP contribution in [0.5, 0.6) is 5.75 Å². The number of nitrogens with zero attached hydrogens (tertiary/aromatic N) is 1. The van der Waals surface area contributed by atoms with Gasteiger partial charge in [-0.3, -0.25) is 0 Å². The Kier molecular flexibility index (Phi) is 10.1. The Morgan fingerprint density at radius 1 is 1.29 bits per heavy atom. The number of nitrogens with one attached hydrogen (secondary N) is 2. The van der Waals surface area contributed by atoms with Gasteiger partial charge in [0.25, 0.3) is 0 Å². The Hall–Kier alpha value is -1.60. The molecule has 1 rings (SSSR count). The van der Waals surface area contributed by atoms with Gasteiger partial charge >= 0.3 is 6.61 Å². The first-order valence-electron chi connectivity index (χ1n) is 7.90. The molecule has 0 aliphatic heterocycles. The van der Waals surface area contributed by atoms with Gasteiger partial charge in [-0.05, 0) is 38.5 Å². The molecule has 0 saturated carbocycles. The predicted molar refractivity (Wildman–Crippen MR) is 92.0 cm³/mol. The fourth-order valence-corrected chi connectivity index (χ4v) is 2.11. The molecule has 0 bridgehead atoms. The van der Waals surface area contributed by atoms with E-state index in [0.29, 0.717) is 42.8 Å². The van der Waals surface area contributed by atoms with Gasteiger partial charge in [-0.2, -0.15) is 8.78 Å². The van der Waals surface area contributed by atoms with Crippen molar-refractivity contribution < 1.29 is 18.3 Å². The van der Waals surface area contributed by atoms with Crippen molar-refractivity contribution in [2.75, 3.05) is 26.3 Å². The average Bonchev–Trinajstić information content (AvgIpc) is 2.54. The second-order valence-corrected chi connectivity index (χ2v) is 5.24. The number of aliphatic imine (C=N–C) groups is 1. The van der Waals surface area contributed by atoms with E-state index in [1.165, 1.54) is 12.1 Å². The number of guanidine groups is 1. The van der Waals surface area contributed by atoms with Crippen molar-refractivity contribution in [3.05, 3.63) is 28.8 Å². The Bertz CT molecular complexity index is 516. The molecule has 0 saturated heterocycles. The first kappa shape index (κ1) is 20.4. The van der Waals surface area contributed by atoms with Crippen molar-refractivity contribution in [2.45, 2.75) is 33.4 Å². The van der Waals surface area contributed by atoms with Crippen LogP contribution in [0, 0.1) is 0 Å². The van der Waals surface area contributed by atoms with Crippen LogP contribution in [0.25, 0.3) is 0 Å². The molecule has 5 nitrogen and oxygen atoms in total. The summed E-state index contributed by atoms with van der Waals surface area (Å²) in [6.45, 7) is 3.92. The minimum absolute atomic E-state index is 0.0744. The van der Waals surface area contributed by atoms with E-state index in [2.05, 4.69) is 20.4 Å². The van der Waals surface area contributed by atoms with Crippen LogP contribution in [-0.2, 0) is 11.3 Å². The van der Waals surface area contributed by atoms with Crippen molar-refractivity contribution in [3.8, 4) is 5.75 Å². The van der Waals surface area contributed by atoms with Crippen LogP contribution in [0.1, 0.15) is 25.8 Å². The molecular weight excluding hydrogens is 340 g/mol. The number of hydrogen-bond acceptors (Lipinski definition) is 3. The Morgan fingerprint density at radius 2 is 2.08 bits per heavy atom. The number of alkyl halides is 2. The van der Waals surface area contributed by atoms with Crippen molar-refractivity contribution >= 4 is 17.6 Å². The summed E-state index contributed by atoms with van der Waals surface area (Å²) in [6.07, 6.45) is 0.842. The molecular formula is C16H24ClF2N3O2. The molecule has 0 radical (unpaired) electrons. The summed E-state index contributed by atoms with van der Waals surface area (Å²) in [6, 6.07) is 4.49. The lowest BCUT2D eigenvalue weighted by Gasteiger charge is -2.13. The number of ether oxygens (including phenoxy) is 2. The predicted octanol–water partition coefficient (Wildman–Crippen LogP) is 3.42. The van der Waals surface area contributed by atoms with Crippen LogP contribution < -0.4 is 15.4 Å². The van der Waals surface area contributed by atoms with Gasteiger partial charge in [0.15, 0.2) is 5.96 Å². The maximum atomic E-state index is 12.5. The van der Waals surface area contributed by atoms with E-state index in [1.807, 2.05) is 13.8 Å². The minimum atomic E-state index is -2.89. The maximum Gasteiger partial charge on any atom is 0.387 e. The smallest absolute Gasteiger partial charge is 0.387 e. The number of halogens is 3. The normalized spacial score (nSPS) is 11.7. The maximum absolute atomic E-state index is 12.5. The van der Waals surface area contributed by atoms with Gasteiger partial charge in [0.2, 0.25) is 0 Å². The summed E-state index contributed by atoms with van der Waals surface area (Å²) in [5.41, 5.74) is 0.495. The number of rotatable bonds is 10. The summed E-state index contributed by atoms with van der Waals surface area (Å²) in [5.74, 6) is 0.669. The van der Waals surface area contributed by atoms with E-state index in [0.717, 1.165) is 6.42 Å². The molecule has 0 spiro atoms. The minimum Gasteiger partial charge on any atom is -0.434 e. The van der Waals surface area contributed by atoms with Crippen LogP contribution in [0.15, 0.2) is 23.2 Å². The van der Waals surface area contributed by atoms with Crippen LogP contribution in [0.2, 0.25) is 5.02 Å². The van der Waals surface area contributed by atoms with Gasteiger partial charge < -0.3 is 20.1 Å². The molecule has 0 aromatic heterocycles. The van der Waals surface area contributed by atoms with Crippen LogP contribution in [-0.4, -0.2) is 38.9 Å². The molecule has 1 aromatic carbocycles. The third kappa shape index (κ3) is 8.31. The monoisotopic (exact) mass is 363 g/mol. The molecule has 0 heterocycles. The highest BCUT2D eigenvalue weighted by atomic mass is 35.5. The lowest BCUT2D eigenvalue weighted by molar-refractivity contribution is -0.0504. The summed E-state index contributed by atoms with van der Waals surface area (Å²) >= 11 is 5.93. The second kappa shape index (κ2) is 11.9. The van der Waals surface area contributed by atoms with Crippen LogP contribution in [0.3, 0.4) is 0 Å². The summed E-state index contributed by atoms with van der Waals surface area (Å²) in [7, 11) is 0. The molecule has 1 aromatic rings. The standard InChI is InChI=1S/C16H24ClF2N3O2/c1-3-20-16(21-8-5-9-23-4-2)22-11-12-10-13(17)6-7-14(12)24-15(18)19/h6-7,10,15H,3-5,8-9,11H2,1-2H3,(H2,20,21,22). The molecule has 0 fully saturated rings. The van der Waals surface area contributed by atoms with E-state index in [4.69, 9.17) is 16.3 Å². The van der Waals surface area contributed by atoms with Gasteiger partial charge in [-0.25, -0.2) is 4.99 Å².